The van der Waals surface area contributed by atoms with Crippen LogP contribution < -0.4 is 10.1 Å². The van der Waals surface area contributed by atoms with Crippen molar-refractivity contribution in [2.45, 2.75) is 11.8 Å². The lowest BCUT2D eigenvalue weighted by Crippen LogP contribution is -2.00. The lowest BCUT2D eigenvalue weighted by Gasteiger charge is -2.06. The second-order valence-corrected chi connectivity index (χ2v) is 6.15. The highest BCUT2D eigenvalue weighted by atomic mass is 32.2. The average molecular weight is 335 g/mol. The van der Waals surface area contributed by atoms with Crippen molar-refractivity contribution in [3.63, 3.8) is 0 Å². The van der Waals surface area contributed by atoms with E-state index in [0.717, 1.165) is 5.56 Å². The van der Waals surface area contributed by atoms with Gasteiger partial charge < -0.3 is 10.1 Å². The number of hydrogen-bond donors (Lipinski definition) is 2. The molecule has 0 unspecified atom stereocenters. The van der Waals surface area contributed by atoms with Crippen LogP contribution in [0.4, 0.5) is 17.1 Å². The highest BCUT2D eigenvalue weighted by Gasteiger charge is 2.16. The topological polar surface area (TPSA) is 100 Å². The van der Waals surface area contributed by atoms with Crippen molar-refractivity contribution in [1.82, 2.24) is 0 Å². The van der Waals surface area contributed by atoms with Crippen molar-refractivity contribution in [1.29, 1.82) is 0 Å². The Balaban J connectivity index is 2.48. The Morgan fingerprint density at radius 1 is 1.09 bits per heavy atom. The number of hydrogen-bond acceptors (Lipinski definition) is 6. The van der Waals surface area contributed by atoms with Crippen LogP contribution >= 0.6 is 0 Å². The van der Waals surface area contributed by atoms with E-state index in [-0.39, 0.29) is 10.6 Å². The van der Waals surface area contributed by atoms with Crippen LogP contribution in [0.15, 0.2) is 51.5 Å². The summed E-state index contributed by atoms with van der Waals surface area (Å²) in [6, 6.07) is 9.70. The van der Waals surface area contributed by atoms with Gasteiger partial charge in [-0.3, -0.25) is 4.55 Å². The van der Waals surface area contributed by atoms with E-state index >= 15 is 0 Å². The van der Waals surface area contributed by atoms with Crippen molar-refractivity contribution in [2.24, 2.45) is 10.2 Å². The maximum Gasteiger partial charge on any atom is 0.296 e. The number of nitrogens with one attached hydrogen (secondary N) is 1. The molecule has 7 nitrogen and oxygen atoms in total. The van der Waals surface area contributed by atoms with Crippen LogP contribution in [0.2, 0.25) is 0 Å². The minimum Gasteiger partial charge on any atom is -0.497 e. The molecule has 0 amide bonds. The van der Waals surface area contributed by atoms with Crippen LogP contribution in [0.3, 0.4) is 0 Å². The van der Waals surface area contributed by atoms with Gasteiger partial charge in [-0.2, -0.15) is 13.5 Å². The van der Waals surface area contributed by atoms with Gasteiger partial charge in [0.2, 0.25) is 0 Å². The first-order valence-electron chi connectivity index (χ1n) is 6.71. The van der Waals surface area contributed by atoms with Crippen molar-refractivity contribution < 1.29 is 17.7 Å². The van der Waals surface area contributed by atoms with Crippen molar-refractivity contribution >= 4 is 27.2 Å². The first kappa shape index (κ1) is 16.9. The zero-order valence-corrected chi connectivity index (χ0v) is 13.8. The molecule has 2 aromatic carbocycles. The molecule has 23 heavy (non-hydrogen) atoms. The molecule has 0 bridgehead atoms. The smallest absolute Gasteiger partial charge is 0.296 e. The van der Waals surface area contributed by atoms with Gasteiger partial charge in [0, 0.05) is 18.8 Å². The largest absolute Gasteiger partial charge is 0.497 e. The third kappa shape index (κ3) is 4.05. The molecule has 122 valence electrons. The predicted molar refractivity (Wildman–Crippen MR) is 87.7 cm³/mol. The molecule has 2 N–H and O–H groups in total. The van der Waals surface area contributed by atoms with Crippen LogP contribution in [0, 0.1) is 6.92 Å². The van der Waals surface area contributed by atoms with E-state index in [4.69, 9.17) is 4.74 Å². The van der Waals surface area contributed by atoms with Gasteiger partial charge in [-0.25, -0.2) is 0 Å². The Bertz CT molecular complexity index is 848. The average Bonchev–Trinajstić information content (AvgIpc) is 2.53. The molecule has 0 aliphatic carbocycles. The van der Waals surface area contributed by atoms with Crippen LogP contribution in [0.1, 0.15) is 5.56 Å². The second-order valence-electron chi connectivity index (χ2n) is 4.76. The Kier molecular flexibility index (Phi) is 4.97. The molecular formula is C15H17N3O4S. The molecule has 0 spiro atoms. The number of aryl methyl sites for hydroxylation is 1. The van der Waals surface area contributed by atoms with E-state index in [9.17, 15) is 13.0 Å². The van der Waals surface area contributed by atoms with Crippen LogP contribution in [0.25, 0.3) is 0 Å². The quantitative estimate of drug-likeness (QED) is 0.641. The van der Waals surface area contributed by atoms with Crippen LogP contribution in [-0.2, 0) is 10.1 Å². The summed E-state index contributed by atoms with van der Waals surface area (Å²) in [6.07, 6.45) is 0. The Morgan fingerprint density at radius 2 is 1.78 bits per heavy atom. The van der Waals surface area contributed by atoms with E-state index < -0.39 is 10.1 Å². The fourth-order valence-electron chi connectivity index (χ4n) is 1.89. The molecule has 0 saturated heterocycles. The molecule has 0 atom stereocenters. The van der Waals surface area contributed by atoms with Gasteiger partial charge in [0.05, 0.1) is 12.8 Å². The number of azo groups is 1. The molecule has 8 heteroatoms. The Hall–Kier alpha value is -2.45. The molecule has 0 aliphatic heterocycles. The Labute approximate surface area is 134 Å². The zero-order valence-electron chi connectivity index (χ0n) is 12.9. The minimum absolute atomic E-state index is 0.0497. The van der Waals surface area contributed by atoms with Crippen molar-refractivity contribution in [3.05, 3.63) is 42.0 Å². The summed E-state index contributed by atoms with van der Waals surface area (Å²) in [7, 11) is -1.23. The molecule has 2 rings (SSSR count). The molecule has 0 saturated carbocycles. The normalized spacial score (nSPS) is 11.7. The second kappa shape index (κ2) is 6.76. The first-order valence-corrected chi connectivity index (χ1v) is 8.15. The highest BCUT2D eigenvalue weighted by molar-refractivity contribution is 7.86. The maximum atomic E-state index is 11.5. The summed E-state index contributed by atoms with van der Waals surface area (Å²) < 4.78 is 37.5. The molecule has 0 fully saturated rings. The van der Waals surface area contributed by atoms with Gasteiger partial charge in [-0.05, 0) is 36.8 Å². The standard InChI is InChI=1S/C15H17N3O4S/c1-10-4-6-12(22-3)9-14(10)18-17-13-7-5-11(16-2)8-15(13)23(19,20)21/h4-9,16H,1-3H3,(H,19,20,21). The third-order valence-corrected chi connectivity index (χ3v) is 4.09. The van der Waals surface area contributed by atoms with Crippen molar-refractivity contribution in [2.75, 3.05) is 19.5 Å². The van der Waals surface area contributed by atoms with E-state index in [1.165, 1.54) is 12.1 Å². The molecule has 0 aliphatic rings. The van der Waals surface area contributed by atoms with E-state index in [1.807, 2.05) is 13.0 Å². The lowest BCUT2D eigenvalue weighted by molar-refractivity contribution is 0.415. The fraction of sp³-hybridized carbons (Fsp3) is 0.200. The SMILES string of the molecule is CNc1ccc(N=Nc2cc(OC)ccc2C)c(S(=O)(=O)O)c1. The number of benzene rings is 2. The number of anilines is 1. The number of methoxy groups -OCH3 is 1. The van der Waals surface area contributed by atoms with Crippen LogP contribution in [-0.4, -0.2) is 27.1 Å². The van der Waals surface area contributed by atoms with Crippen LogP contribution in [0.5, 0.6) is 5.75 Å². The number of ether oxygens (including phenoxy) is 1. The van der Waals surface area contributed by atoms with Gasteiger partial charge in [-0.1, -0.05) is 6.07 Å². The van der Waals surface area contributed by atoms with Gasteiger partial charge in [0.25, 0.3) is 10.1 Å². The van der Waals surface area contributed by atoms with Gasteiger partial charge >= 0.3 is 0 Å². The monoisotopic (exact) mass is 335 g/mol. The van der Waals surface area contributed by atoms with E-state index in [0.29, 0.717) is 17.1 Å². The highest BCUT2D eigenvalue weighted by Crippen LogP contribution is 2.31. The van der Waals surface area contributed by atoms with Gasteiger partial charge in [0.15, 0.2) is 0 Å². The number of rotatable bonds is 5. The molecule has 2 aromatic rings. The summed E-state index contributed by atoms with van der Waals surface area (Å²) in [6.45, 7) is 1.85. The fourth-order valence-corrected chi connectivity index (χ4v) is 2.54. The lowest BCUT2D eigenvalue weighted by atomic mass is 10.2. The summed E-state index contributed by atoms with van der Waals surface area (Å²) >= 11 is 0. The van der Waals surface area contributed by atoms with E-state index in [2.05, 4.69) is 15.5 Å². The Morgan fingerprint density at radius 3 is 2.39 bits per heavy atom. The van der Waals surface area contributed by atoms with Gasteiger partial charge in [-0.15, -0.1) is 5.11 Å². The minimum atomic E-state index is -4.41. The first-order chi connectivity index (χ1) is 10.8. The number of nitrogens with zero attached hydrogens (tertiary/aromatic N) is 2. The summed E-state index contributed by atoms with van der Waals surface area (Å²) in [5.74, 6) is 0.616. The molecular weight excluding hydrogens is 318 g/mol. The molecule has 0 aromatic heterocycles. The summed E-state index contributed by atoms with van der Waals surface area (Å²) in [5.41, 5.74) is 1.99. The van der Waals surface area contributed by atoms with E-state index in [1.54, 1.807) is 32.4 Å². The molecule has 0 heterocycles. The van der Waals surface area contributed by atoms with Gasteiger partial charge in [0.1, 0.15) is 16.3 Å². The maximum absolute atomic E-state index is 11.5. The molecule has 0 radical (unpaired) electrons. The van der Waals surface area contributed by atoms with Crippen molar-refractivity contribution in [3.8, 4) is 5.75 Å². The summed E-state index contributed by atoms with van der Waals surface area (Å²) in [5, 5.41) is 10.8. The zero-order chi connectivity index (χ0) is 17.0. The predicted octanol–water partition coefficient (Wildman–Crippen LogP) is 3.71. The summed E-state index contributed by atoms with van der Waals surface area (Å²) in [4.78, 5) is -0.311. The third-order valence-electron chi connectivity index (χ3n) is 3.21.